The molecule has 0 aromatic heterocycles. The predicted octanol–water partition coefficient (Wildman–Crippen LogP) is 10.5. The number of hydrogen-bond acceptors (Lipinski definition) is 1. The van der Waals surface area contributed by atoms with Crippen molar-refractivity contribution < 1.29 is 0 Å². The van der Waals surface area contributed by atoms with Gasteiger partial charge in [-0.3, -0.25) is 0 Å². The van der Waals surface area contributed by atoms with Gasteiger partial charge in [-0.05, 0) is 52.6 Å². The van der Waals surface area contributed by atoms with Crippen LogP contribution >= 0.6 is 0 Å². The first-order chi connectivity index (χ1) is 15.2. The van der Waals surface area contributed by atoms with E-state index in [9.17, 15) is 0 Å². The second-order valence-electron chi connectivity index (χ2n) is 10.3. The van der Waals surface area contributed by atoms with Crippen molar-refractivity contribution in [3.63, 3.8) is 0 Å². The van der Waals surface area contributed by atoms with E-state index in [-0.39, 0.29) is 0 Å². The first-order valence-corrected chi connectivity index (χ1v) is 14.5. The second kappa shape index (κ2) is 26.0. The van der Waals surface area contributed by atoms with Gasteiger partial charge >= 0.3 is 0 Å². The van der Waals surface area contributed by atoms with E-state index in [0.29, 0.717) is 0 Å². The van der Waals surface area contributed by atoms with Gasteiger partial charge in [0.25, 0.3) is 0 Å². The van der Waals surface area contributed by atoms with Crippen LogP contribution in [0.2, 0.25) is 0 Å². The van der Waals surface area contributed by atoms with Crippen LogP contribution in [0.15, 0.2) is 12.2 Å². The molecule has 186 valence electrons. The van der Waals surface area contributed by atoms with Gasteiger partial charge in [0, 0.05) is 6.04 Å². The van der Waals surface area contributed by atoms with Crippen molar-refractivity contribution in [2.45, 2.75) is 168 Å². The third-order valence-corrected chi connectivity index (χ3v) is 6.92. The molecular formula is C30H61N. The standard InChI is InChI=1S/C30H61N/c1-5-7-9-11-13-14-15-16-17-18-19-20-21-23-25-27-29-30(31(3)4)28-26-24-22-12-10-8-6-2/h15-16,30H,5-14,17-29H2,1-4H3/b16-15-. The molecule has 0 aromatic rings. The maximum Gasteiger partial charge on any atom is 0.00891 e. The summed E-state index contributed by atoms with van der Waals surface area (Å²) in [7, 11) is 4.57. The smallest absolute Gasteiger partial charge is 0.00891 e. The molecule has 0 saturated carbocycles. The molecule has 1 heteroatoms. The molecule has 1 atom stereocenters. The van der Waals surface area contributed by atoms with Crippen molar-refractivity contribution >= 4 is 0 Å². The lowest BCUT2D eigenvalue weighted by atomic mass is 9.99. The molecule has 31 heavy (non-hydrogen) atoms. The van der Waals surface area contributed by atoms with Crippen LogP contribution in [-0.4, -0.2) is 25.0 Å². The molecule has 0 N–H and O–H groups in total. The Balaban J connectivity index is 3.42. The molecule has 0 aliphatic heterocycles. The summed E-state index contributed by atoms with van der Waals surface area (Å²) in [6.07, 6.45) is 37.4. The summed E-state index contributed by atoms with van der Waals surface area (Å²) >= 11 is 0. The average molecular weight is 436 g/mol. The summed E-state index contributed by atoms with van der Waals surface area (Å²) in [6, 6.07) is 0.814. The zero-order valence-corrected chi connectivity index (χ0v) is 22.4. The van der Waals surface area contributed by atoms with Crippen LogP contribution in [0.3, 0.4) is 0 Å². The summed E-state index contributed by atoms with van der Waals surface area (Å²) in [5.41, 5.74) is 0. The summed E-state index contributed by atoms with van der Waals surface area (Å²) in [5.74, 6) is 0. The van der Waals surface area contributed by atoms with Crippen LogP contribution in [0.4, 0.5) is 0 Å². The van der Waals surface area contributed by atoms with Gasteiger partial charge in [-0.2, -0.15) is 0 Å². The second-order valence-corrected chi connectivity index (χ2v) is 10.3. The van der Waals surface area contributed by atoms with Crippen molar-refractivity contribution in [3.8, 4) is 0 Å². The number of unbranched alkanes of at least 4 members (excludes halogenated alkanes) is 18. The van der Waals surface area contributed by atoms with Crippen LogP contribution in [-0.2, 0) is 0 Å². The first-order valence-electron chi connectivity index (χ1n) is 14.5. The number of allylic oxidation sites excluding steroid dienone is 2. The van der Waals surface area contributed by atoms with Gasteiger partial charge in [-0.15, -0.1) is 0 Å². The van der Waals surface area contributed by atoms with Gasteiger partial charge in [0.05, 0.1) is 0 Å². The molecule has 1 nitrogen and oxygen atoms in total. The lowest BCUT2D eigenvalue weighted by Gasteiger charge is -2.24. The van der Waals surface area contributed by atoms with Crippen molar-refractivity contribution in [2.24, 2.45) is 0 Å². The minimum Gasteiger partial charge on any atom is -0.306 e. The molecule has 0 heterocycles. The molecule has 0 rings (SSSR count). The van der Waals surface area contributed by atoms with E-state index in [4.69, 9.17) is 0 Å². The zero-order chi connectivity index (χ0) is 22.8. The Hall–Kier alpha value is -0.300. The third kappa shape index (κ3) is 24.2. The molecule has 0 aromatic carbocycles. The normalized spacial score (nSPS) is 12.9. The van der Waals surface area contributed by atoms with E-state index in [1.165, 1.54) is 148 Å². The lowest BCUT2D eigenvalue weighted by Crippen LogP contribution is -2.27. The molecule has 0 aliphatic carbocycles. The number of hydrogen-bond donors (Lipinski definition) is 0. The van der Waals surface area contributed by atoms with Crippen LogP contribution < -0.4 is 0 Å². The van der Waals surface area contributed by atoms with E-state index in [1.54, 1.807) is 0 Å². The molecule has 0 amide bonds. The highest BCUT2D eigenvalue weighted by molar-refractivity contribution is 4.81. The van der Waals surface area contributed by atoms with Gasteiger partial charge in [0.1, 0.15) is 0 Å². The zero-order valence-electron chi connectivity index (χ0n) is 22.4. The Morgan fingerprint density at radius 3 is 1.13 bits per heavy atom. The molecular weight excluding hydrogens is 374 g/mol. The van der Waals surface area contributed by atoms with E-state index in [0.717, 1.165) is 6.04 Å². The van der Waals surface area contributed by atoms with E-state index < -0.39 is 0 Å². The van der Waals surface area contributed by atoms with Crippen LogP contribution in [0.1, 0.15) is 162 Å². The molecule has 0 bridgehead atoms. The fourth-order valence-electron chi connectivity index (χ4n) is 4.63. The summed E-state index contributed by atoms with van der Waals surface area (Å²) in [4.78, 5) is 2.48. The van der Waals surface area contributed by atoms with Crippen LogP contribution in [0, 0.1) is 0 Å². The Kier molecular flexibility index (Phi) is 25.7. The number of nitrogens with zero attached hydrogens (tertiary/aromatic N) is 1. The van der Waals surface area contributed by atoms with Crippen molar-refractivity contribution in [3.05, 3.63) is 12.2 Å². The highest BCUT2D eigenvalue weighted by Gasteiger charge is 2.10. The van der Waals surface area contributed by atoms with E-state index in [1.807, 2.05) is 0 Å². The maximum atomic E-state index is 2.48. The quantitative estimate of drug-likeness (QED) is 0.102. The van der Waals surface area contributed by atoms with Crippen molar-refractivity contribution in [2.75, 3.05) is 14.1 Å². The van der Waals surface area contributed by atoms with Crippen molar-refractivity contribution in [1.82, 2.24) is 4.90 Å². The van der Waals surface area contributed by atoms with E-state index in [2.05, 4.69) is 45.0 Å². The topological polar surface area (TPSA) is 3.24 Å². The average Bonchev–Trinajstić information content (AvgIpc) is 2.76. The monoisotopic (exact) mass is 435 g/mol. The Bertz CT molecular complexity index is 346. The molecule has 0 fully saturated rings. The Morgan fingerprint density at radius 1 is 0.452 bits per heavy atom. The minimum atomic E-state index is 0.814. The van der Waals surface area contributed by atoms with Crippen molar-refractivity contribution in [1.29, 1.82) is 0 Å². The lowest BCUT2D eigenvalue weighted by molar-refractivity contribution is 0.251. The number of rotatable bonds is 25. The molecule has 0 spiro atoms. The van der Waals surface area contributed by atoms with Crippen LogP contribution in [0.25, 0.3) is 0 Å². The highest BCUT2D eigenvalue weighted by Crippen LogP contribution is 2.17. The van der Waals surface area contributed by atoms with E-state index >= 15 is 0 Å². The molecule has 0 saturated heterocycles. The SMILES string of the molecule is CCCCCCC/C=C\CCCCCCCCCC(CCCCCCCCC)N(C)C. The van der Waals surface area contributed by atoms with Gasteiger partial charge in [-0.25, -0.2) is 0 Å². The third-order valence-electron chi connectivity index (χ3n) is 6.92. The molecule has 1 unspecified atom stereocenters. The van der Waals surface area contributed by atoms with Crippen LogP contribution in [0.5, 0.6) is 0 Å². The maximum absolute atomic E-state index is 2.48. The Morgan fingerprint density at radius 2 is 0.774 bits per heavy atom. The first kappa shape index (κ1) is 30.7. The molecule has 0 radical (unpaired) electrons. The predicted molar refractivity (Wildman–Crippen MR) is 144 cm³/mol. The largest absolute Gasteiger partial charge is 0.306 e. The molecule has 0 aliphatic rings. The summed E-state index contributed by atoms with van der Waals surface area (Å²) in [5, 5.41) is 0. The minimum absolute atomic E-state index is 0.814. The fourth-order valence-corrected chi connectivity index (χ4v) is 4.63. The van der Waals surface area contributed by atoms with Gasteiger partial charge < -0.3 is 4.90 Å². The van der Waals surface area contributed by atoms with Gasteiger partial charge in [0.2, 0.25) is 0 Å². The fraction of sp³-hybridized carbons (Fsp3) is 0.933. The van der Waals surface area contributed by atoms with Gasteiger partial charge in [-0.1, -0.05) is 135 Å². The summed E-state index contributed by atoms with van der Waals surface area (Å²) < 4.78 is 0. The van der Waals surface area contributed by atoms with Gasteiger partial charge in [0.15, 0.2) is 0 Å². The summed E-state index contributed by atoms with van der Waals surface area (Å²) in [6.45, 7) is 4.59. The Labute approximate surface area is 198 Å². The highest BCUT2D eigenvalue weighted by atomic mass is 15.1.